The van der Waals surface area contributed by atoms with Gasteiger partial charge in [-0.3, -0.25) is 0 Å². The minimum atomic E-state index is 1.28. The zero-order valence-electron chi connectivity index (χ0n) is 22.4. The molecule has 0 spiro atoms. The van der Waals surface area contributed by atoms with Crippen LogP contribution in [0.25, 0.3) is 65.3 Å². The van der Waals surface area contributed by atoms with E-state index >= 15 is 0 Å². The molecule has 0 unspecified atom stereocenters. The first-order valence-electron chi connectivity index (χ1n) is 13.5. The molecular weight excluding hydrogens is 456 g/mol. The summed E-state index contributed by atoms with van der Waals surface area (Å²) in [5.74, 6) is 0. The van der Waals surface area contributed by atoms with E-state index in [2.05, 4.69) is 137 Å². The van der Waals surface area contributed by atoms with Crippen molar-refractivity contribution in [2.45, 2.75) is 27.7 Å². The molecule has 0 N–H and O–H groups in total. The first-order valence-corrected chi connectivity index (χ1v) is 13.5. The highest BCUT2D eigenvalue weighted by Gasteiger charge is 2.20. The Morgan fingerprint density at radius 1 is 0.316 bits per heavy atom. The Morgan fingerprint density at radius 3 is 1.00 bits per heavy atom. The molecule has 0 heteroatoms. The van der Waals surface area contributed by atoms with E-state index in [1.54, 1.807) is 0 Å². The second-order valence-corrected chi connectivity index (χ2v) is 10.8. The normalized spacial score (nSPS) is 11.7. The first kappa shape index (κ1) is 22.8. The van der Waals surface area contributed by atoms with Crippen LogP contribution < -0.4 is 0 Å². The molecule has 0 atom stereocenters. The Balaban J connectivity index is 1.77. The third kappa shape index (κ3) is 3.37. The molecular formula is C38H30. The van der Waals surface area contributed by atoms with Crippen LogP contribution in [0, 0.1) is 27.7 Å². The van der Waals surface area contributed by atoms with Crippen LogP contribution >= 0.6 is 0 Å². The Hall–Kier alpha value is -4.42. The fraction of sp³-hybridized carbons (Fsp3) is 0.105. The second-order valence-electron chi connectivity index (χ2n) is 10.8. The number of hydrogen-bond donors (Lipinski definition) is 0. The molecule has 0 heterocycles. The van der Waals surface area contributed by atoms with Gasteiger partial charge in [0.15, 0.2) is 0 Å². The number of benzene rings is 7. The lowest BCUT2D eigenvalue weighted by Crippen LogP contribution is -1.95. The van der Waals surface area contributed by atoms with E-state index < -0.39 is 0 Å². The van der Waals surface area contributed by atoms with Gasteiger partial charge in [0.2, 0.25) is 0 Å². The van der Waals surface area contributed by atoms with Crippen molar-refractivity contribution in [1.82, 2.24) is 0 Å². The highest BCUT2D eigenvalue weighted by Crippen LogP contribution is 2.47. The van der Waals surface area contributed by atoms with E-state index in [1.807, 2.05) is 0 Å². The van der Waals surface area contributed by atoms with E-state index in [0.29, 0.717) is 0 Å². The molecule has 0 bridgehead atoms. The number of fused-ring (bicyclic) bond motifs is 4. The average Bonchev–Trinajstić information content (AvgIpc) is 2.93. The molecule has 0 radical (unpaired) electrons. The fourth-order valence-corrected chi connectivity index (χ4v) is 6.22. The van der Waals surface area contributed by atoms with Gasteiger partial charge in [-0.2, -0.15) is 0 Å². The minimum Gasteiger partial charge on any atom is -0.0616 e. The van der Waals surface area contributed by atoms with Crippen LogP contribution in [0.3, 0.4) is 0 Å². The van der Waals surface area contributed by atoms with Gasteiger partial charge in [-0.05, 0) is 115 Å². The lowest BCUT2D eigenvalue weighted by molar-refractivity contribution is 1.36. The van der Waals surface area contributed by atoms with Gasteiger partial charge < -0.3 is 0 Å². The predicted molar refractivity (Wildman–Crippen MR) is 166 cm³/mol. The smallest absolute Gasteiger partial charge is 0.00199 e. The Bertz CT molecular complexity index is 1830. The van der Waals surface area contributed by atoms with Crippen molar-refractivity contribution in [3.05, 3.63) is 131 Å². The van der Waals surface area contributed by atoms with Gasteiger partial charge >= 0.3 is 0 Å². The van der Waals surface area contributed by atoms with Crippen molar-refractivity contribution in [3.8, 4) is 22.3 Å². The average molecular weight is 487 g/mol. The Labute approximate surface area is 224 Å². The largest absolute Gasteiger partial charge is 0.0616 e. The highest BCUT2D eigenvalue weighted by atomic mass is 14.2. The van der Waals surface area contributed by atoms with Crippen LogP contribution in [-0.4, -0.2) is 0 Å². The Morgan fingerprint density at radius 2 is 0.632 bits per heavy atom. The molecule has 0 fully saturated rings. The maximum absolute atomic E-state index is 2.42. The molecule has 0 saturated heterocycles. The van der Waals surface area contributed by atoms with Gasteiger partial charge in [0.05, 0.1) is 0 Å². The van der Waals surface area contributed by atoms with Crippen LogP contribution in [0.15, 0.2) is 109 Å². The van der Waals surface area contributed by atoms with Gasteiger partial charge in [-0.15, -0.1) is 0 Å². The van der Waals surface area contributed by atoms with Crippen LogP contribution in [0.1, 0.15) is 22.3 Å². The van der Waals surface area contributed by atoms with Gasteiger partial charge in [0.1, 0.15) is 0 Å². The van der Waals surface area contributed by atoms with Crippen LogP contribution in [0.5, 0.6) is 0 Å². The summed E-state index contributed by atoms with van der Waals surface area (Å²) < 4.78 is 0. The molecule has 182 valence electrons. The molecule has 0 aromatic heterocycles. The number of aryl methyl sites for hydroxylation is 4. The van der Waals surface area contributed by atoms with Crippen LogP contribution in [0.2, 0.25) is 0 Å². The second kappa shape index (κ2) is 8.57. The van der Waals surface area contributed by atoms with E-state index in [-0.39, 0.29) is 0 Å². The zero-order chi connectivity index (χ0) is 26.0. The van der Waals surface area contributed by atoms with E-state index in [1.165, 1.54) is 87.6 Å². The molecule has 7 aromatic carbocycles. The maximum atomic E-state index is 2.42. The summed E-state index contributed by atoms with van der Waals surface area (Å²) in [5.41, 5.74) is 10.6. The van der Waals surface area contributed by atoms with Gasteiger partial charge in [-0.1, -0.05) is 109 Å². The van der Waals surface area contributed by atoms with Crippen LogP contribution in [-0.2, 0) is 0 Å². The molecule has 7 aromatic rings. The summed E-state index contributed by atoms with van der Waals surface area (Å²) in [6, 6.07) is 40.7. The highest BCUT2D eigenvalue weighted by molar-refractivity contribution is 6.25. The summed E-state index contributed by atoms with van der Waals surface area (Å²) in [7, 11) is 0. The lowest BCUT2D eigenvalue weighted by Gasteiger charge is -2.22. The number of hydrogen-bond acceptors (Lipinski definition) is 0. The van der Waals surface area contributed by atoms with Crippen molar-refractivity contribution in [1.29, 1.82) is 0 Å². The van der Waals surface area contributed by atoms with E-state index in [4.69, 9.17) is 0 Å². The van der Waals surface area contributed by atoms with Crippen molar-refractivity contribution in [2.24, 2.45) is 0 Å². The lowest BCUT2D eigenvalue weighted by atomic mass is 9.81. The third-order valence-corrected chi connectivity index (χ3v) is 8.46. The molecule has 7 rings (SSSR count). The standard InChI is InChI=1S/C38H30/c1-23-19-33-34(20-24(23)2)38(32-18-10-14-28-12-6-8-16-30(28)32)36-22-26(4)25(3)21-35(36)37(33)31-17-9-13-27-11-5-7-15-29(27)31/h5-22H,1-4H3. The zero-order valence-corrected chi connectivity index (χ0v) is 22.4. The van der Waals surface area contributed by atoms with Gasteiger partial charge in [-0.25, -0.2) is 0 Å². The van der Waals surface area contributed by atoms with Crippen molar-refractivity contribution < 1.29 is 0 Å². The molecule has 0 aliphatic heterocycles. The van der Waals surface area contributed by atoms with Crippen molar-refractivity contribution in [2.75, 3.05) is 0 Å². The summed E-state index contributed by atoms with van der Waals surface area (Å²) >= 11 is 0. The molecule has 0 aliphatic carbocycles. The third-order valence-electron chi connectivity index (χ3n) is 8.46. The summed E-state index contributed by atoms with van der Waals surface area (Å²) in [6.45, 7) is 8.96. The van der Waals surface area contributed by atoms with Crippen molar-refractivity contribution in [3.63, 3.8) is 0 Å². The predicted octanol–water partition coefficient (Wildman–Crippen LogP) is 10.9. The number of rotatable bonds is 2. The van der Waals surface area contributed by atoms with Gasteiger partial charge in [0.25, 0.3) is 0 Å². The SMILES string of the molecule is Cc1cc2c(-c3cccc4ccccc34)c3cc(C)c(C)cc3c(-c3cccc4ccccc34)c2cc1C. The molecule has 0 saturated carbocycles. The molecule has 38 heavy (non-hydrogen) atoms. The summed E-state index contributed by atoms with van der Waals surface area (Å²) in [4.78, 5) is 0. The summed E-state index contributed by atoms with van der Waals surface area (Å²) in [6.07, 6.45) is 0. The quantitative estimate of drug-likeness (QED) is 0.213. The molecule has 0 aliphatic rings. The first-order chi connectivity index (χ1) is 18.5. The van der Waals surface area contributed by atoms with E-state index in [9.17, 15) is 0 Å². The topological polar surface area (TPSA) is 0 Å². The Kier molecular flexibility index (Phi) is 5.13. The van der Waals surface area contributed by atoms with Gasteiger partial charge in [0, 0.05) is 0 Å². The van der Waals surface area contributed by atoms with Crippen LogP contribution in [0.4, 0.5) is 0 Å². The molecule has 0 amide bonds. The summed E-state index contributed by atoms with van der Waals surface area (Å²) in [5, 5.41) is 10.4. The minimum absolute atomic E-state index is 1.28. The van der Waals surface area contributed by atoms with Crippen molar-refractivity contribution >= 4 is 43.1 Å². The monoisotopic (exact) mass is 486 g/mol. The molecule has 0 nitrogen and oxygen atoms in total. The van der Waals surface area contributed by atoms with E-state index in [0.717, 1.165) is 0 Å². The fourth-order valence-electron chi connectivity index (χ4n) is 6.22. The maximum Gasteiger partial charge on any atom is -0.00199 e.